The monoisotopic (exact) mass is 606 g/mol. The smallest absolute Gasteiger partial charge is 1.00 e. The molecule has 2 aromatic rings. The van der Waals surface area contributed by atoms with Crippen LogP contribution in [0.25, 0.3) is 0 Å². The van der Waals surface area contributed by atoms with E-state index < -0.39 is 0 Å². The van der Waals surface area contributed by atoms with E-state index in [1.54, 1.807) is 0 Å². The summed E-state index contributed by atoms with van der Waals surface area (Å²) in [4.78, 5) is 0. The summed E-state index contributed by atoms with van der Waals surface area (Å²) in [7, 11) is 0. The molecule has 0 aliphatic rings. The van der Waals surface area contributed by atoms with Crippen molar-refractivity contribution in [3.8, 4) is 0 Å². The van der Waals surface area contributed by atoms with Crippen molar-refractivity contribution in [3.05, 3.63) is 57.6 Å². The molecule has 0 fully saturated rings. The van der Waals surface area contributed by atoms with Gasteiger partial charge in [0.1, 0.15) is 0 Å². The van der Waals surface area contributed by atoms with Gasteiger partial charge in [0, 0.05) is 37.6 Å². The van der Waals surface area contributed by atoms with E-state index in [0.29, 0.717) is 0 Å². The molecule has 0 unspecified atom stereocenters. The van der Waals surface area contributed by atoms with E-state index in [4.69, 9.17) is 0 Å². The molecule has 28 heavy (non-hydrogen) atoms. The maximum absolute atomic E-state index is 3.56. The SMILES string of the molecule is Cc1cc(C)c(NCCNCCNc2c(C)cc(C)cc2C)c(C)c1.[Au+2].[Cl-].[Cl-]. The Morgan fingerprint density at radius 3 is 1.11 bits per heavy atom. The molecule has 0 spiro atoms. The van der Waals surface area contributed by atoms with Crippen molar-refractivity contribution in [1.82, 2.24) is 5.32 Å². The molecule has 0 aliphatic heterocycles. The first kappa shape index (κ1) is 29.5. The van der Waals surface area contributed by atoms with Gasteiger partial charge in [0.15, 0.2) is 0 Å². The van der Waals surface area contributed by atoms with E-state index in [1.807, 2.05) is 0 Å². The maximum atomic E-state index is 3.56. The number of rotatable bonds is 8. The standard InChI is InChI=1S/C22H33N3.Au.2ClH/c1-15-11-17(3)21(18(4)12-15)24-9-7-23-8-10-25-22-19(5)13-16(2)14-20(22)6;;;/h11-14,23-25H,7-10H2,1-6H3;;2*1H/q;+2;;/p-2. The second-order valence-corrected chi connectivity index (χ2v) is 7.15. The summed E-state index contributed by atoms with van der Waals surface area (Å²) in [5.74, 6) is 0. The van der Waals surface area contributed by atoms with Gasteiger partial charge in [0.2, 0.25) is 0 Å². The van der Waals surface area contributed by atoms with Crippen molar-refractivity contribution >= 4 is 11.4 Å². The number of halogens is 2. The number of nitrogens with one attached hydrogen (secondary N) is 3. The summed E-state index contributed by atoms with van der Waals surface area (Å²) in [6.07, 6.45) is 0. The molecule has 2 aromatic carbocycles. The first-order valence-corrected chi connectivity index (χ1v) is 9.22. The van der Waals surface area contributed by atoms with Crippen LogP contribution in [0.3, 0.4) is 0 Å². The van der Waals surface area contributed by atoms with Crippen LogP contribution in [0.1, 0.15) is 33.4 Å². The maximum Gasteiger partial charge on any atom is 2.00 e. The van der Waals surface area contributed by atoms with Gasteiger partial charge in [-0.25, -0.2) is 0 Å². The van der Waals surface area contributed by atoms with Crippen LogP contribution >= 0.6 is 0 Å². The van der Waals surface area contributed by atoms with Gasteiger partial charge in [-0.1, -0.05) is 35.4 Å². The number of anilines is 2. The molecule has 2 rings (SSSR count). The van der Waals surface area contributed by atoms with Gasteiger partial charge in [0.25, 0.3) is 0 Å². The molecule has 0 atom stereocenters. The summed E-state index contributed by atoms with van der Waals surface area (Å²) >= 11 is 0. The molecule has 1 radical (unpaired) electrons. The van der Waals surface area contributed by atoms with Crippen LogP contribution in [0.2, 0.25) is 0 Å². The second kappa shape index (κ2) is 14.3. The molecule has 0 aliphatic carbocycles. The fraction of sp³-hybridized carbons (Fsp3) is 0.455. The average Bonchev–Trinajstić information content (AvgIpc) is 2.50. The molecule has 0 heterocycles. The molecular weight excluding hydrogens is 574 g/mol. The Hall–Kier alpha value is -0.680. The zero-order chi connectivity index (χ0) is 18.4. The second-order valence-electron chi connectivity index (χ2n) is 7.15. The van der Waals surface area contributed by atoms with E-state index in [9.17, 15) is 0 Å². The van der Waals surface area contributed by atoms with Crippen LogP contribution in [0, 0.1) is 41.5 Å². The molecule has 0 aromatic heterocycles. The molecule has 0 saturated carbocycles. The Morgan fingerprint density at radius 2 is 0.821 bits per heavy atom. The minimum Gasteiger partial charge on any atom is -1.00 e. The third-order valence-corrected chi connectivity index (χ3v) is 4.56. The first-order valence-electron chi connectivity index (χ1n) is 9.22. The fourth-order valence-corrected chi connectivity index (χ4v) is 3.59. The van der Waals surface area contributed by atoms with Crippen molar-refractivity contribution in [1.29, 1.82) is 0 Å². The van der Waals surface area contributed by atoms with Gasteiger partial charge in [-0.15, -0.1) is 0 Å². The predicted octanol–water partition coefficient (Wildman–Crippen LogP) is -1.34. The Kier molecular flexibility index (Phi) is 15.1. The third kappa shape index (κ3) is 8.77. The van der Waals surface area contributed by atoms with Crippen LogP contribution in [0.5, 0.6) is 0 Å². The fourth-order valence-electron chi connectivity index (χ4n) is 3.59. The zero-order valence-corrected chi connectivity index (χ0v) is 21.4. The minimum atomic E-state index is 0. The number of benzene rings is 2. The van der Waals surface area contributed by atoms with Gasteiger partial charge in [-0.2, -0.15) is 0 Å². The summed E-state index contributed by atoms with van der Waals surface area (Å²) in [5, 5.41) is 10.6. The van der Waals surface area contributed by atoms with E-state index in [0.717, 1.165) is 26.2 Å². The number of hydrogen-bond donors (Lipinski definition) is 3. The molecule has 0 bridgehead atoms. The van der Waals surface area contributed by atoms with Crippen molar-refractivity contribution in [2.45, 2.75) is 41.5 Å². The van der Waals surface area contributed by atoms with Crippen LogP contribution in [-0.2, 0) is 22.4 Å². The third-order valence-electron chi connectivity index (χ3n) is 4.56. The van der Waals surface area contributed by atoms with Crippen LogP contribution in [-0.4, -0.2) is 26.2 Å². The molecule has 161 valence electrons. The molecule has 3 nitrogen and oxygen atoms in total. The average molecular weight is 607 g/mol. The summed E-state index contributed by atoms with van der Waals surface area (Å²) in [5.41, 5.74) is 10.5. The van der Waals surface area contributed by atoms with Gasteiger partial charge < -0.3 is 40.8 Å². The molecule has 3 N–H and O–H groups in total. The number of aryl methyl sites for hydroxylation is 6. The Morgan fingerprint density at radius 1 is 0.536 bits per heavy atom. The van der Waals surface area contributed by atoms with Crippen LogP contribution in [0.15, 0.2) is 24.3 Å². The van der Waals surface area contributed by atoms with Gasteiger partial charge in [-0.3, -0.25) is 0 Å². The van der Waals surface area contributed by atoms with Crippen molar-refractivity contribution in [2.75, 3.05) is 36.8 Å². The van der Waals surface area contributed by atoms with Gasteiger partial charge >= 0.3 is 22.4 Å². The Bertz CT molecular complexity index is 628. The van der Waals surface area contributed by atoms with E-state index in [1.165, 1.54) is 44.8 Å². The van der Waals surface area contributed by atoms with Crippen molar-refractivity contribution in [2.24, 2.45) is 0 Å². The molecule has 0 saturated heterocycles. The molecule has 6 heteroatoms. The topological polar surface area (TPSA) is 36.1 Å². The minimum absolute atomic E-state index is 0. The Labute approximate surface area is 199 Å². The largest absolute Gasteiger partial charge is 2.00 e. The van der Waals surface area contributed by atoms with Crippen molar-refractivity contribution in [3.63, 3.8) is 0 Å². The van der Waals surface area contributed by atoms with Gasteiger partial charge in [-0.05, 0) is 63.8 Å². The molecule has 0 amide bonds. The summed E-state index contributed by atoms with van der Waals surface area (Å²) in [6, 6.07) is 8.94. The quantitative estimate of drug-likeness (QED) is 0.257. The predicted molar refractivity (Wildman–Crippen MR) is 111 cm³/mol. The van der Waals surface area contributed by atoms with Crippen LogP contribution < -0.4 is 40.8 Å². The van der Waals surface area contributed by atoms with Crippen molar-refractivity contribution < 1.29 is 47.2 Å². The van der Waals surface area contributed by atoms with E-state index >= 15 is 0 Å². The van der Waals surface area contributed by atoms with E-state index in [2.05, 4.69) is 81.8 Å². The van der Waals surface area contributed by atoms with Crippen LogP contribution in [0.4, 0.5) is 11.4 Å². The van der Waals surface area contributed by atoms with E-state index in [-0.39, 0.29) is 47.2 Å². The number of hydrogen-bond acceptors (Lipinski definition) is 3. The zero-order valence-electron chi connectivity index (χ0n) is 17.7. The Balaban J connectivity index is 0. The summed E-state index contributed by atoms with van der Waals surface area (Å²) in [6.45, 7) is 16.8. The first-order chi connectivity index (χ1) is 11.9. The summed E-state index contributed by atoms with van der Waals surface area (Å²) < 4.78 is 0. The van der Waals surface area contributed by atoms with Gasteiger partial charge in [0.05, 0.1) is 0 Å². The normalized spacial score (nSPS) is 9.64. The molecular formula is C22H33AuCl2N3.